The highest BCUT2D eigenvalue weighted by atomic mass is 32.2. The molecule has 14 nitrogen and oxygen atoms in total. The number of carbonyl (C=O) groups excluding carboxylic acids is 3. The number of aromatic nitrogens is 4. The van der Waals surface area contributed by atoms with Gasteiger partial charge in [0, 0.05) is 55.2 Å². The topological polar surface area (TPSA) is 197 Å². The minimum Gasteiger partial charge on any atom is -0.475 e. The van der Waals surface area contributed by atoms with Crippen molar-refractivity contribution in [1.29, 1.82) is 0 Å². The van der Waals surface area contributed by atoms with Crippen molar-refractivity contribution in [1.82, 2.24) is 25.3 Å². The summed E-state index contributed by atoms with van der Waals surface area (Å²) in [4.78, 5) is 42.6. The summed E-state index contributed by atoms with van der Waals surface area (Å²) in [6.07, 6.45) is 0.240. The highest BCUT2D eigenvalue weighted by Gasteiger charge is 2.38. The quantitative estimate of drug-likeness (QED) is 0.205. The lowest BCUT2D eigenvalue weighted by molar-refractivity contribution is -0.192. The van der Waals surface area contributed by atoms with Gasteiger partial charge in [0.1, 0.15) is 28.6 Å². The van der Waals surface area contributed by atoms with E-state index < -0.39 is 23.1 Å². The van der Waals surface area contributed by atoms with Crippen molar-refractivity contribution in [2.24, 2.45) is 7.05 Å². The summed E-state index contributed by atoms with van der Waals surface area (Å²) in [6, 6.07) is 8.84. The number of halogens is 3. The number of nitrogens with zero attached hydrogens (tertiary/aromatic N) is 3. The fourth-order valence-corrected chi connectivity index (χ4v) is 4.80. The molecule has 5 N–H and O–H groups in total. The third kappa shape index (κ3) is 11.3. The number of amides is 1. The highest BCUT2D eigenvalue weighted by molar-refractivity contribution is 7.85. The number of aromatic amines is 1. The summed E-state index contributed by atoms with van der Waals surface area (Å²) in [5, 5.41) is 24.3. The molecule has 18 heteroatoms. The van der Waals surface area contributed by atoms with Gasteiger partial charge in [0.05, 0.1) is 11.4 Å². The van der Waals surface area contributed by atoms with Gasteiger partial charge >= 0.3 is 18.2 Å². The predicted octanol–water partition coefficient (Wildman–Crippen LogP) is 4.27. The molecular weight excluding hydrogens is 635 g/mol. The maximum Gasteiger partial charge on any atom is 0.490 e. The molecule has 0 radical (unpaired) electrons. The Morgan fingerprint density at radius 2 is 1.87 bits per heavy atom. The van der Waals surface area contributed by atoms with E-state index in [0.29, 0.717) is 46.7 Å². The number of hydrogen-bond acceptors (Lipinski definition) is 9. The Morgan fingerprint density at radius 3 is 2.37 bits per heavy atom. The van der Waals surface area contributed by atoms with Crippen LogP contribution in [-0.2, 0) is 27.6 Å². The van der Waals surface area contributed by atoms with Gasteiger partial charge in [-0.15, -0.1) is 0 Å². The van der Waals surface area contributed by atoms with Gasteiger partial charge in [-0.2, -0.15) is 23.4 Å². The van der Waals surface area contributed by atoms with E-state index in [1.165, 1.54) is 10.9 Å². The van der Waals surface area contributed by atoms with Crippen molar-refractivity contribution in [3.63, 3.8) is 0 Å². The molecule has 0 aliphatic heterocycles. The number of aldehydes is 2. The van der Waals surface area contributed by atoms with Gasteiger partial charge in [-0.05, 0) is 45.2 Å². The molecule has 1 fully saturated rings. The first-order chi connectivity index (χ1) is 21.6. The number of carboxylic acids is 1. The van der Waals surface area contributed by atoms with E-state index >= 15 is 0 Å². The standard InChI is InChI=1S/C13H22N4O2.C13H13N3O3S.C2HF3O2/c1-8(2)15-13(18)19-10-5-4-9(6-10)11-7-12(14-3)17-16-11;1-16-9(7-17)6-13(14-16)10-4-3-5-12(11(10)8-18)15-20(2)19;3-2(4,5)1(6)7/h7-10H,4-6H2,1-3H3,(H,15,18)(H2,14,16,17);3-8,15H,1-2H3;(H,6,7). The van der Waals surface area contributed by atoms with E-state index in [0.717, 1.165) is 30.8 Å². The number of carbonyl (C=O) groups is 4. The van der Waals surface area contributed by atoms with Crippen molar-refractivity contribution in [2.75, 3.05) is 23.3 Å². The molecule has 1 amide bonds. The van der Waals surface area contributed by atoms with Gasteiger partial charge in [0.25, 0.3) is 0 Å². The number of anilines is 2. The van der Waals surface area contributed by atoms with Crippen molar-refractivity contribution in [3.8, 4) is 11.3 Å². The average Bonchev–Trinajstić information content (AvgIpc) is 3.72. The Kier molecular flexibility index (Phi) is 13.9. The second kappa shape index (κ2) is 17.1. The minimum atomic E-state index is -5.08. The molecule has 3 unspecified atom stereocenters. The minimum absolute atomic E-state index is 0.00471. The molecule has 0 saturated heterocycles. The number of benzene rings is 1. The van der Waals surface area contributed by atoms with Crippen molar-refractivity contribution >= 4 is 47.1 Å². The third-order valence-corrected chi connectivity index (χ3v) is 6.90. The van der Waals surface area contributed by atoms with Gasteiger partial charge < -0.3 is 25.2 Å². The Bertz CT molecular complexity index is 1530. The lowest BCUT2D eigenvalue weighted by atomic mass is 10.0. The molecule has 4 rings (SSSR count). The number of alkyl carbamates (subject to hydrolysis) is 1. The third-order valence-electron chi connectivity index (χ3n) is 6.39. The number of aryl methyl sites for hydroxylation is 1. The summed E-state index contributed by atoms with van der Waals surface area (Å²) < 4.78 is 52.5. The van der Waals surface area contributed by atoms with Crippen LogP contribution in [0.3, 0.4) is 0 Å². The fourth-order valence-electron chi connectivity index (χ4n) is 4.31. The number of rotatable bonds is 9. The summed E-state index contributed by atoms with van der Waals surface area (Å²) in [6.45, 7) is 3.84. The van der Waals surface area contributed by atoms with Gasteiger partial charge in [0.15, 0.2) is 12.6 Å². The molecule has 46 heavy (non-hydrogen) atoms. The molecule has 252 valence electrons. The number of nitrogens with one attached hydrogen (secondary N) is 4. The summed E-state index contributed by atoms with van der Waals surface area (Å²) in [5.41, 5.74) is 3.45. The van der Waals surface area contributed by atoms with Crippen LogP contribution in [0.5, 0.6) is 0 Å². The largest absolute Gasteiger partial charge is 0.490 e. The van der Waals surface area contributed by atoms with E-state index in [1.807, 2.05) is 27.0 Å². The average molecular weight is 672 g/mol. The molecule has 2 aromatic heterocycles. The SMILES string of the molecule is CNc1cc(C2CCC(OC(=O)NC(C)C)C2)[nH]n1.Cn1nc(-c2cccc(NS(C)=O)c2C=O)cc1C=O.O=C(O)C(F)(F)F. The van der Waals surface area contributed by atoms with Crippen LogP contribution in [0.2, 0.25) is 0 Å². The van der Waals surface area contributed by atoms with Crippen LogP contribution in [0.25, 0.3) is 11.3 Å². The van der Waals surface area contributed by atoms with E-state index in [4.69, 9.17) is 14.6 Å². The second-order valence-electron chi connectivity index (χ2n) is 10.2. The molecule has 1 aliphatic carbocycles. The fraction of sp³-hybridized carbons (Fsp3) is 0.429. The molecule has 1 aromatic carbocycles. The molecule has 0 bridgehead atoms. The number of ether oxygens (including phenoxy) is 1. The Labute approximate surface area is 265 Å². The smallest absolute Gasteiger partial charge is 0.475 e. The van der Waals surface area contributed by atoms with Crippen LogP contribution < -0.4 is 15.4 Å². The number of alkyl halides is 3. The molecule has 3 atom stereocenters. The maximum atomic E-state index is 11.5. The second-order valence-corrected chi connectivity index (χ2v) is 11.3. The highest BCUT2D eigenvalue weighted by Crippen LogP contribution is 2.35. The Balaban J connectivity index is 0.000000267. The van der Waals surface area contributed by atoms with Gasteiger partial charge in [-0.25, -0.2) is 13.8 Å². The first kappa shape index (κ1) is 37.4. The van der Waals surface area contributed by atoms with Crippen LogP contribution >= 0.6 is 0 Å². The predicted molar refractivity (Wildman–Crippen MR) is 164 cm³/mol. The first-order valence-electron chi connectivity index (χ1n) is 13.8. The lowest BCUT2D eigenvalue weighted by Gasteiger charge is -2.14. The van der Waals surface area contributed by atoms with Crippen molar-refractivity contribution in [3.05, 3.63) is 47.3 Å². The van der Waals surface area contributed by atoms with E-state index in [-0.39, 0.29) is 18.2 Å². The van der Waals surface area contributed by atoms with E-state index in [2.05, 4.69) is 30.7 Å². The number of hydrogen-bond donors (Lipinski definition) is 5. The molecule has 1 aliphatic rings. The zero-order chi connectivity index (χ0) is 34.6. The van der Waals surface area contributed by atoms with Crippen LogP contribution in [0.15, 0.2) is 30.3 Å². The molecular formula is C28H36F3N7O7S. The number of carboxylic acid groups (broad SMARTS) is 1. The summed E-state index contributed by atoms with van der Waals surface area (Å²) >= 11 is 0. The zero-order valence-electron chi connectivity index (χ0n) is 25.7. The zero-order valence-corrected chi connectivity index (χ0v) is 26.5. The lowest BCUT2D eigenvalue weighted by Crippen LogP contribution is -2.33. The first-order valence-corrected chi connectivity index (χ1v) is 15.3. The van der Waals surface area contributed by atoms with Crippen LogP contribution in [0.1, 0.15) is 65.6 Å². The van der Waals surface area contributed by atoms with Crippen LogP contribution in [0.4, 0.5) is 29.5 Å². The van der Waals surface area contributed by atoms with Gasteiger partial charge in [-0.1, -0.05) is 12.1 Å². The maximum absolute atomic E-state index is 11.5. The molecule has 3 aromatic rings. The molecule has 0 spiro atoms. The van der Waals surface area contributed by atoms with Crippen LogP contribution in [0, 0.1) is 0 Å². The monoisotopic (exact) mass is 671 g/mol. The van der Waals surface area contributed by atoms with Gasteiger partial charge in [-0.3, -0.25) is 19.4 Å². The van der Waals surface area contributed by atoms with E-state index in [9.17, 15) is 31.8 Å². The van der Waals surface area contributed by atoms with E-state index in [1.54, 1.807) is 31.3 Å². The molecule has 2 heterocycles. The number of aliphatic carboxylic acids is 1. The van der Waals surface area contributed by atoms with Gasteiger partial charge in [0.2, 0.25) is 0 Å². The Morgan fingerprint density at radius 1 is 1.20 bits per heavy atom. The summed E-state index contributed by atoms with van der Waals surface area (Å²) in [7, 11) is 2.21. The number of H-pyrrole nitrogens is 1. The normalized spacial score (nSPS) is 16.2. The Hall–Kier alpha value is -4.74. The molecule has 1 saturated carbocycles. The van der Waals surface area contributed by atoms with Crippen molar-refractivity contribution in [2.45, 2.75) is 57.3 Å². The summed E-state index contributed by atoms with van der Waals surface area (Å²) in [5.74, 6) is -1.52. The van der Waals surface area contributed by atoms with Crippen molar-refractivity contribution < 1.29 is 46.4 Å². The van der Waals surface area contributed by atoms with Crippen LogP contribution in [-0.4, -0.2) is 85.6 Å².